The van der Waals surface area contributed by atoms with Gasteiger partial charge in [0.05, 0.1) is 0 Å². The molecule has 1 rings (SSSR count). The smallest absolute Gasteiger partial charge is 0.189 e. The van der Waals surface area contributed by atoms with Crippen molar-refractivity contribution >= 4 is 0 Å². The van der Waals surface area contributed by atoms with Gasteiger partial charge in [-0.15, -0.1) is 0 Å². The minimum atomic E-state index is -0.354. The van der Waals surface area contributed by atoms with E-state index in [0.717, 1.165) is 5.56 Å². The molecule has 0 aliphatic rings. The zero-order valence-electron chi connectivity index (χ0n) is 10.6. The maximum atomic E-state index is 13.6. The Morgan fingerprint density at radius 2 is 2.12 bits per heavy atom. The summed E-state index contributed by atoms with van der Waals surface area (Å²) >= 11 is 0. The van der Waals surface area contributed by atoms with Gasteiger partial charge in [-0.05, 0) is 13.0 Å². The molecule has 0 aliphatic carbocycles. The third-order valence-corrected chi connectivity index (χ3v) is 2.24. The normalized spacial score (nSPS) is 10.9. The Morgan fingerprint density at radius 3 is 2.76 bits per heavy atom. The summed E-state index contributed by atoms with van der Waals surface area (Å²) in [4.78, 5) is 0. The first kappa shape index (κ1) is 13.9. The molecule has 1 aromatic rings. The first-order chi connectivity index (χ1) is 8.15. The topological polar surface area (TPSA) is 30.5 Å². The second-order valence-electron chi connectivity index (χ2n) is 4.02. The van der Waals surface area contributed by atoms with Crippen LogP contribution in [0.2, 0.25) is 0 Å². The van der Waals surface area contributed by atoms with Crippen molar-refractivity contribution in [2.24, 2.45) is 0 Å². The number of hydrogen-bond donors (Lipinski definition) is 1. The van der Waals surface area contributed by atoms with Crippen molar-refractivity contribution in [1.82, 2.24) is 5.32 Å². The quantitative estimate of drug-likeness (QED) is 0.588. The zero-order chi connectivity index (χ0) is 12.7. The first-order valence-electron chi connectivity index (χ1n) is 5.86. The van der Waals surface area contributed by atoms with Crippen LogP contribution in [0, 0.1) is 5.82 Å². The molecule has 0 aliphatic heterocycles. The van der Waals surface area contributed by atoms with Gasteiger partial charge in [0.2, 0.25) is 0 Å². The average Bonchev–Trinajstić information content (AvgIpc) is 2.29. The minimum absolute atomic E-state index is 0.0755. The summed E-state index contributed by atoms with van der Waals surface area (Å²) in [6.07, 6.45) is 0. The molecule has 3 nitrogen and oxygen atoms in total. The molecule has 0 aromatic heterocycles. The van der Waals surface area contributed by atoms with Gasteiger partial charge in [-0.25, -0.2) is 4.39 Å². The van der Waals surface area contributed by atoms with Crippen LogP contribution in [-0.2, 0) is 11.3 Å². The Hall–Kier alpha value is -1.13. The third kappa shape index (κ3) is 4.71. The Balaban J connectivity index is 2.69. The largest absolute Gasteiger partial charge is 0.464 e. The van der Waals surface area contributed by atoms with E-state index in [1.165, 1.54) is 6.07 Å². The maximum absolute atomic E-state index is 13.6. The standard InChI is InChI=1S/C13H20FNO2/c1-4-16-9-17-13-11(8-15-10(2)3)6-5-7-12(13)14/h5-7,10,15H,4,8-9H2,1-3H3. The number of rotatable bonds is 7. The van der Waals surface area contributed by atoms with E-state index in [1.807, 2.05) is 26.8 Å². The lowest BCUT2D eigenvalue weighted by Crippen LogP contribution is -2.22. The lowest BCUT2D eigenvalue weighted by atomic mass is 10.2. The molecule has 0 atom stereocenters. The van der Waals surface area contributed by atoms with Gasteiger partial charge in [-0.2, -0.15) is 0 Å². The molecule has 0 heterocycles. The third-order valence-electron chi connectivity index (χ3n) is 2.24. The van der Waals surface area contributed by atoms with Gasteiger partial charge < -0.3 is 14.8 Å². The molecule has 4 heteroatoms. The van der Waals surface area contributed by atoms with E-state index < -0.39 is 0 Å². The fraction of sp³-hybridized carbons (Fsp3) is 0.538. The van der Waals surface area contributed by atoms with E-state index >= 15 is 0 Å². The maximum Gasteiger partial charge on any atom is 0.189 e. The number of para-hydroxylation sites is 1. The summed E-state index contributed by atoms with van der Waals surface area (Å²) in [7, 11) is 0. The van der Waals surface area contributed by atoms with Crippen LogP contribution in [0.3, 0.4) is 0 Å². The summed E-state index contributed by atoms with van der Waals surface area (Å²) in [5.74, 6) is -0.0816. The van der Waals surface area contributed by atoms with Crippen molar-refractivity contribution in [1.29, 1.82) is 0 Å². The van der Waals surface area contributed by atoms with Gasteiger partial charge >= 0.3 is 0 Å². The molecule has 0 saturated carbocycles. The molecule has 0 saturated heterocycles. The fourth-order valence-electron chi connectivity index (χ4n) is 1.35. The van der Waals surface area contributed by atoms with Crippen LogP contribution < -0.4 is 10.1 Å². The average molecular weight is 241 g/mol. The number of benzene rings is 1. The van der Waals surface area contributed by atoms with Gasteiger partial charge in [0.15, 0.2) is 18.4 Å². The summed E-state index contributed by atoms with van der Waals surface area (Å²) in [5, 5.41) is 3.23. The van der Waals surface area contributed by atoms with E-state index in [4.69, 9.17) is 9.47 Å². The van der Waals surface area contributed by atoms with Crippen molar-refractivity contribution in [3.63, 3.8) is 0 Å². The first-order valence-corrected chi connectivity index (χ1v) is 5.86. The van der Waals surface area contributed by atoms with E-state index in [9.17, 15) is 4.39 Å². The highest BCUT2D eigenvalue weighted by Gasteiger charge is 2.09. The molecule has 1 N–H and O–H groups in total. The zero-order valence-corrected chi connectivity index (χ0v) is 10.6. The minimum Gasteiger partial charge on any atom is -0.464 e. The summed E-state index contributed by atoms with van der Waals surface area (Å²) < 4.78 is 24.0. The van der Waals surface area contributed by atoms with Crippen LogP contribution in [-0.4, -0.2) is 19.4 Å². The highest BCUT2D eigenvalue weighted by Crippen LogP contribution is 2.22. The molecular formula is C13H20FNO2. The van der Waals surface area contributed by atoms with Crippen LogP contribution in [0.15, 0.2) is 18.2 Å². The van der Waals surface area contributed by atoms with Crippen molar-refractivity contribution in [2.45, 2.75) is 33.4 Å². The van der Waals surface area contributed by atoms with Crippen molar-refractivity contribution < 1.29 is 13.9 Å². The van der Waals surface area contributed by atoms with Crippen LogP contribution in [0.25, 0.3) is 0 Å². The van der Waals surface area contributed by atoms with Gasteiger partial charge in [-0.3, -0.25) is 0 Å². The molecule has 96 valence electrons. The lowest BCUT2D eigenvalue weighted by Gasteiger charge is -2.14. The molecule has 0 spiro atoms. The van der Waals surface area contributed by atoms with Crippen LogP contribution >= 0.6 is 0 Å². The van der Waals surface area contributed by atoms with E-state index in [1.54, 1.807) is 6.07 Å². The van der Waals surface area contributed by atoms with Crippen LogP contribution in [0.4, 0.5) is 4.39 Å². The van der Waals surface area contributed by atoms with Crippen molar-refractivity contribution in [3.05, 3.63) is 29.6 Å². The predicted molar refractivity (Wildman–Crippen MR) is 65.5 cm³/mol. The number of hydrogen-bond acceptors (Lipinski definition) is 3. The van der Waals surface area contributed by atoms with Crippen LogP contribution in [0.1, 0.15) is 26.3 Å². The highest BCUT2D eigenvalue weighted by atomic mass is 19.1. The van der Waals surface area contributed by atoms with Gasteiger partial charge in [0.1, 0.15) is 0 Å². The monoisotopic (exact) mass is 241 g/mol. The Kier molecular flexibility index (Phi) is 5.94. The molecule has 17 heavy (non-hydrogen) atoms. The number of halogens is 1. The molecule has 1 aromatic carbocycles. The molecule has 0 fully saturated rings. The lowest BCUT2D eigenvalue weighted by molar-refractivity contribution is 0.0194. The highest BCUT2D eigenvalue weighted by molar-refractivity contribution is 5.34. The second-order valence-corrected chi connectivity index (χ2v) is 4.02. The number of ether oxygens (including phenoxy) is 2. The summed E-state index contributed by atoms with van der Waals surface area (Å²) in [6, 6.07) is 5.26. The van der Waals surface area contributed by atoms with Gasteiger partial charge in [0.25, 0.3) is 0 Å². The molecule has 0 amide bonds. The van der Waals surface area contributed by atoms with Gasteiger partial charge in [0, 0.05) is 24.8 Å². The molecule has 0 bridgehead atoms. The van der Waals surface area contributed by atoms with Gasteiger partial charge in [-0.1, -0.05) is 26.0 Å². The Bertz CT molecular complexity index is 342. The number of nitrogens with one attached hydrogen (secondary N) is 1. The van der Waals surface area contributed by atoms with E-state index in [-0.39, 0.29) is 18.4 Å². The Morgan fingerprint density at radius 1 is 1.35 bits per heavy atom. The SMILES string of the molecule is CCOCOc1c(F)cccc1CNC(C)C. The predicted octanol–water partition coefficient (Wildman–Crippen LogP) is 2.70. The summed E-state index contributed by atoms with van der Waals surface area (Å²) in [5.41, 5.74) is 0.804. The second kappa shape index (κ2) is 7.25. The molecule has 0 unspecified atom stereocenters. The van der Waals surface area contributed by atoms with Crippen molar-refractivity contribution in [3.8, 4) is 5.75 Å². The fourth-order valence-corrected chi connectivity index (χ4v) is 1.35. The van der Waals surface area contributed by atoms with E-state index in [0.29, 0.717) is 19.2 Å². The summed E-state index contributed by atoms with van der Waals surface area (Å²) in [6.45, 7) is 7.16. The Labute approximate surface area is 102 Å². The molecule has 0 radical (unpaired) electrons. The van der Waals surface area contributed by atoms with E-state index in [2.05, 4.69) is 5.32 Å². The van der Waals surface area contributed by atoms with Crippen molar-refractivity contribution in [2.75, 3.05) is 13.4 Å². The van der Waals surface area contributed by atoms with Crippen LogP contribution in [0.5, 0.6) is 5.75 Å². The molecular weight excluding hydrogens is 221 g/mol.